The number of nitrogens with zero attached hydrogens (tertiary/aromatic N) is 10. The Bertz CT molecular complexity index is 4010. The number of aryl methyl sites for hydroxylation is 5. The number of anilines is 5. The zero-order chi connectivity index (χ0) is 71.0. The number of hydrogen-bond donors (Lipinski definition) is 3. The van der Waals surface area contributed by atoms with Crippen molar-refractivity contribution in [1.29, 1.82) is 0 Å². The molecule has 0 fully saturated rings. The van der Waals surface area contributed by atoms with Crippen LogP contribution in [0.25, 0.3) is 23.2 Å². The summed E-state index contributed by atoms with van der Waals surface area (Å²) in [5, 5.41) is 16.0. The molecule has 0 saturated heterocycles. The smallest absolute Gasteiger partial charge is 0.416 e. The van der Waals surface area contributed by atoms with E-state index in [1.807, 2.05) is 160 Å². The molecule has 23 heteroatoms. The molecule has 22 nitrogen and oxygen atoms in total. The summed E-state index contributed by atoms with van der Waals surface area (Å²) in [4.78, 5) is 93.4. The van der Waals surface area contributed by atoms with Crippen molar-refractivity contribution in [3.63, 3.8) is 0 Å². The summed E-state index contributed by atoms with van der Waals surface area (Å²) in [6.07, 6.45) is 26.8. The van der Waals surface area contributed by atoms with Crippen LogP contribution in [-0.2, 0) is 67.2 Å². The number of hydrogen-bond acceptors (Lipinski definition) is 18. The number of esters is 1. The minimum Gasteiger partial charge on any atom is -0.478 e. The Labute approximate surface area is 587 Å². The molecule has 0 saturated carbocycles. The largest absolute Gasteiger partial charge is 0.478 e. The van der Waals surface area contributed by atoms with E-state index in [1.54, 1.807) is 64.0 Å². The van der Waals surface area contributed by atoms with Gasteiger partial charge in [-0.3, -0.25) is 14.7 Å². The molecule has 0 radical (unpaired) electrons. The van der Waals surface area contributed by atoms with Gasteiger partial charge in [-0.15, -0.1) is 0 Å². The lowest BCUT2D eigenvalue weighted by Crippen LogP contribution is -2.40. The fourth-order valence-corrected chi connectivity index (χ4v) is 11.0. The summed E-state index contributed by atoms with van der Waals surface area (Å²) in [5.74, 6) is 2.73. The van der Waals surface area contributed by atoms with Gasteiger partial charge in [0.2, 0.25) is 0 Å². The summed E-state index contributed by atoms with van der Waals surface area (Å²) in [6.45, 7) is 20.9. The van der Waals surface area contributed by atoms with Gasteiger partial charge in [0.15, 0.2) is 5.65 Å². The fourth-order valence-electron chi connectivity index (χ4n) is 10.7. The first-order valence-corrected chi connectivity index (χ1v) is 34.1. The van der Waals surface area contributed by atoms with Gasteiger partial charge in [0, 0.05) is 98.1 Å². The molecule has 5 aliphatic heterocycles. The Morgan fingerprint density at radius 2 is 0.929 bits per heavy atom. The molecule has 520 valence electrons. The molecule has 0 aliphatic carbocycles. The Hall–Kier alpha value is -10.2. The number of carboxylic acid groups (broad SMARTS) is 1. The Balaban J connectivity index is 0.000000157. The van der Waals surface area contributed by atoms with E-state index in [4.69, 9.17) is 24.1 Å². The van der Waals surface area contributed by atoms with E-state index < -0.39 is 34.8 Å². The topological polar surface area (TPSA) is 267 Å². The molecule has 0 atom stereocenters. The van der Waals surface area contributed by atoms with E-state index in [2.05, 4.69) is 67.5 Å². The van der Waals surface area contributed by atoms with Crippen LogP contribution in [0.3, 0.4) is 0 Å². The van der Waals surface area contributed by atoms with Gasteiger partial charge in [-0.05, 0) is 254 Å². The first kappa shape index (κ1) is 74.6. The normalized spacial score (nSPS) is 14.3. The van der Waals surface area contributed by atoms with Crippen LogP contribution in [0.2, 0.25) is 0 Å². The van der Waals surface area contributed by atoms with Gasteiger partial charge in [0.1, 0.15) is 52.5 Å². The highest BCUT2D eigenvalue weighted by atomic mass is 79.9. The van der Waals surface area contributed by atoms with Crippen LogP contribution in [-0.4, -0.2) is 120 Å². The highest BCUT2D eigenvalue weighted by molar-refractivity contribution is 9.10. The van der Waals surface area contributed by atoms with Gasteiger partial charge in [-0.2, -0.15) is 0 Å². The van der Waals surface area contributed by atoms with Crippen LogP contribution in [0.1, 0.15) is 139 Å². The maximum atomic E-state index is 12.5. The quantitative estimate of drug-likeness (QED) is 0.0793. The molecule has 8 aromatic rings. The van der Waals surface area contributed by atoms with E-state index in [0.717, 1.165) is 148 Å². The molecule has 13 rings (SSSR count). The molecule has 5 aliphatic rings. The monoisotopic (exact) mass is 1410 g/mol. The highest BCUT2D eigenvalue weighted by Gasteiger charge is 2.31. The van der Waals surface area contributed by atoms with Crippen molar-refractivity contribution >= 4 is 98.4 Å². The van der Waals surface area contributed by atoms with Gasteiger partial charge >= 0.3 is 30.2 Å². The van der Waals surface area contributed by atoms with Crippen LogP contribution in [0.15, 0.2) is 157 Å². The lowest BCUT2D eigenvalue weighted by atomic mass is 10.0. The predicted molar refractivity (Wildman–Crippen MR) is 390 cm³/mol. The van der Waals surface area contributed by atoms with Crippen molar-refractivity contribution in [1.82, 2.24) is 34.9 Å². The SMILES string of the molecule is CC(C)(C)OC(=O)N1CCCc2cc(/C=C/C(=O)OCc3ccccc3)cnc21.CC(C)(C)OC(=O)N1CCCc2cc(Br)cnc21.CC(C)(C)OC(=O)N1CCCc2cccnc21.O=C(O)/C=C/c1cnc2c(c1)CCCN2.c1cnc2c(c1)CCCN2.c1cnc2ncccc2c1. The average Bonchev–Trinajstić information content (AvgIpc) is 0.826. The molecule has 99 heavy (non-hydrogen) atoms. The van der Waals surface area contributed by atoms with E-state index in [1.165, 1.54) is 24.5 Å². The van der Waals surface area contributed by atoms with Crippen molar-refractivity contribution in [2.24, 2.45) is 0 Å². The lowest BCUT2D eigenvalue weighted by molar-refractivity contribution is -0.139. The average molecular weight is 1410 g/mol. The maximum Gasteiger partial charge on any atom is 0.416 e. The number of carbonyl (C=O) groups is 5. The summed E-state index contributed by atoms with van der Waals surface area (Å²) < 4.78 is 22.4. The minimum atomic E-state index is -0.939. The first-order valence-electron chi connectivity index (χ1n) is 33.3. The summed E-state index contributed by atoms with van der Waals surface area (Å²) in [6, 6.07) is 31.3. The number of aromatic nitrogens is 7. The van der Waals surface area contributed by atoms with Crippen molar-refractivity contribution in [3.8, 4) is 0 Å². The Morgan fingerprint density at radius 1 is 0.485 bits per heavy atom. The standard InChI is InChI=1S/C23H26N2O4.C13H17BrN2O2.C13H18N2O2.C11H12N2O2.C8H10N2.C8H6N2/c1-23(2,3)29-22(27)25-13-7-10-19-14-18(15-24-21(19)25)11-12-20(26)28-16-17-8-5-4-6-9-17;1-13(2,3)18-12(17)16-6-4-5-9-7-10(14)8-15-11(9)16;1-13(2,3)17-12(16)15-9-5-7-10-6-4-8-14-11(10)15;14-10(15)4-3-8-6-9-2-1-5-12-11(9)13-7-8;2*1-3-7-4-2-6-10-8(7)9-5-1/h4-6,8-9,11-12,14-15H,7,10,13,16H2,1-3H3;7-8H,4-6H2,1-3H3;4,6,8H,5,7,9H2,1-3H3;3-4,6-7H,1-2,5H2,(H,12,13)(H,14,15);1,3,5H,2,4,6H2,(H,9,10);1-6H/b12-11+;;;4-3+;;. The molecule has 3 N–H and O–H groups in total. The predicted octanol–water partition coefficient (Wildman–Crippen LogP) is 15.4. The number of fused-ring (bicyclic) bond motifs is 6. The number of benzene rings is 1. The van der Waals surface area contributed by atoms with Crippen LogP contribution in [0.4, 0.5) is 43.5 Å². The molecule has 0 bridgehead atoms. The van der Waals surface area contributed by atoms with Gasteiger partial charge in [-0.1, -0.05) is 42.5 Å². The van der Waals surface area contributed by atoms with E-state index in [9.17, 15) is 24.0 Å². The molecule has 0 spiro atoms. The number of pyridine rings is 7. The summed E-state index contributed by atoms with van der Waals surface area (Å²) in [5.41, 5.74) is 7.53. The van der Waals surface area contributed by atoms with E-state index >= 15 is 0 Å². The number of aliphatic carboxylic acids is 1. The number of carbonyl (C=O) groups excluding carboxylic acids is 4. The van der Waals surface area contributed by atoms with Gasteiger partial charge < -0.3 is 34.7 Å². The van der Waals surface area contributed by atoms with Gasteiger partial charge in [-0.25, -0.2) is 58.9 Å². The molecule has 7 aromatic heterocycles. The van der Waals surface area contributed by atoms with Crippen molar-refractivity contribution < 1.29 is 48.0 Å². The number of ether oxygens (including phenoxy) is 4. The van der Waals surface area contributed by atoms with Crippen LogP contribution < -0.4 is 25.3 Å². The molecular weight excluding hydrogens is 1320 g/mol. The van der Waals surface area contributed by atoms with Crippen molar-refractivity contribution in [2.75, 3.05) is 58.1 Å². The highest BCUT2D eigenvalue weighted by Crippen LogP contribution is 2.31. The number of nitrogens with one attached hydrogen (secondary N) is 2. The number of carboxylic acids is 1. The second kappa shape index (κ2) is 35.9. The Morgan fingerprint density at radius 3 is 1.47 bits per heavy atom. The number of amides is 3. The fraction of sp³-hybridized carbons (Fsp3) is 0.368. The first-order chi connectivity index (χ1) is 47.3. The zero-order valence-corrected chi connectivity index (χ0v) is 59.5. The van der Waals surface area contributed by atoms with E-state index in [0.29, 0.717) is 25.5 Å². The van der Waals surface area contributed by atoms with Gasteiger partial charge in [0.25, 0.3) is 0 Å². The van der Waals surface area contributed by atoms with Crippen LogP contribution in [0, 0.1) is 0 Å². The number of halogens is 1. The maximum absolute atomic E-state index is 12.5. The summed E-state index contributed by atoms with van der Waals surface area (Å²) in [7, 11) is 0. The third-order valence-electron chi connectivity index (χ3n) is 15.0. The lowest BCUT2D eigenvalue weighted by Gasteiger charge is -2.30. The molecule has 12 heterocycles. The second-order valence-corrected chi connectivity index (χ2v) is 27.5. The number of rotatable bonds is 6. The summed E-state index contributed by atoms with van der Waals surface area (Å²) >= 11 is 3.40. The van der Waals surface area contributed by atoms with Crippen molar-refractivity contribution in [3.05, 3.63) is 202 Å². The Kier molecular flexibility index (Phi) is 27.1. The third-order valence-corrected chi connectivity index (χ3v) is 15.4. The second-order valence-electron chi connectivity index (χ2n) is 26.6. The molecule has 1 aromatic carbocycles. The van der Waals surface area contributed by atoms with Gasteiger partial charge in [0.05, 0.1) is 0 Å². The zero-order valence-electron chi connectivity index (χ0n) is 57.9. The molecule has 0 unspecified atom stereocenters. The molecule has 3 amide bonds. The van der Waals surface area contributed by atoms with Crippen molar-refractivity contribution in [2.45, 2.75) is 150 Å². The molecular formula is C76H89BrN12O10. The third kappa shape index (κ3) is 24.4. The van der Waals surface area contributed by atoms with Crippen LogP contribution >= 0.6 is 15.9 Å². The minimum absolute atomic E-state index is 0.233. The van der Waals surface area contributed by atoms with Crippen LogP contribution in [0.5, 0.6) is 0 Å². The van der Waals surface area contributed by atoms with E-state index in [-0.39, 0.29) is 18.8 Å².